The Morgan fingerprint density at radius 1 is 1.21 bits per heavy atom. The summed E-state index contributed by atoms with van der Waals surface area (Å²) in [5, 5.41) is 0. The average molecular weight is 262 g/mol. The fraction of sp³-hybridized carbons (Fsp3) is 0.533. The summed E-state index contributed by atoms with van der Waals surface area (Å²) in [4.78, 5) is 12.2. The molecule has 0 radical (unpaired) electrons. The van der Waals surface area contributed by atoms with Crippen LogP contribution in [0.5, 0.6) is 5.75 Å². The number of benzene rings is 1. The number of carbonyl (C=O) groups excluding carboxylic acids is 1. The molecule has 0 N–H and O–H groups in total. The minimum absolute atomic E-state index is 0.123. The number of para-hydroxylation sites is 1. The second-order valence-electron chi connectivity index (χ2n) is 5.35. The highest BCUT2D eigenvalue weighted by Gasteiger charge is 2.69. The molecule has 19 heavy (non-hydrogen) atoms. The number of hydrogen-bond acceptors (Lipinski definition) is 4. The first-order valence-electron chi connectivity index (χ1n) is 6.50. The molecule has 1 aromatic carbocycles. The molecule has 3 rings (SSSR count). The smallest absolute Gasteiger partial charge is 0.312 e. The third kappa shape index (κ3) is 1.53. The van der Waals surface area contributed by atoms with Crippen molar-refractivity contribution in [2.75, 3.05) is 27.4 Å². The molecule has 0 unspecified atom stereocenters. The lowest BCUT2D eigenvalue weighted by atomic mass is 9.65. The Balaban J connectivity index is 2.07. The molecule has 0 atom stereocenters. The SMILES string of the molecule is COC(=O)C1(C2(c3ccccc3OC)COC2)CC1. The Morgan fingerprint density at radius 3 is 2.37 bits per heavy atom. The first-order valence-corrected chi connectivity index (χ1v) is 6.50. The molecular formula is C15H18O4. The molecule has 1 saturated carbocycles. The van der Waals surface area contributed by atoms with Crippen LogP contribution in [-0.2, 0) is 19.7 Å². The highest BCUT2D eigenvalue weighted by molar-refractivity contribution is 5.83. The summed E-state index contributed by atoms with van der Waals surface area (Å²) in [7, 11) is 3.11. The van der Waals surface area contributed by atoms with Crippen LogP contribution < -0.4 is 4.74 Å². The van der Waals surface area contributed by atoms with Gasteiger partial charge < -0.3 is 14.2 Å². The molecule has 1 aromatic rings. The first-order chi connectivity index (χ1) is 9.20. The fourth-order valence-corrected chi connectivity index (χ4v) is 3.23. The van der Waals surface area contributed by atoms with Gasteiger partial charge in [-0.25, -0.2) is 0 Å². The van der Waals surface area contributed by atoms with Crippen molar-refractivity contribution in [3.05, 3.63) is 29.8 Å². The van der Waals surface area contributed by atoms with Crippen molar-refractivity contribution in [1.82, 2.24) is 0 Å². The van der Waals surface area contributed by atoms with E-state index in [1.165, 1.54) is 7.11 Å². The highest BCUT2D eigenvalue weighted by atomic mass is 16.5. The van der Waals surface area contributed by atoms with E-state index in [0.29, 0.717) is 13.2 Å². The van der Waals surface area contributed by atoms with Gasteiger partial charge in [0.15, 0.2) is 0 Å². The predicted octanol–water partition coefficient (Wildman–Crippen LogP) is 1.92. The molecule has 0 bridgehead atoms. The molecule has 1 aliphatic heterocycles. The van der Waals surface area contributed by atoms with Crippen molar-refractivity contribution in [2.24, 2.45) is 5.41 Å². The molecule has 0 aromatic heterocycles. The number of rotatable bonds is 4. The number of esters is 1. The first kappa shape index (κ1) is 12.5. The van der Waals surface area contributed by atoms with Gasteiger partial charge in [0.1, 0.15) is 5.75 Å². The summed E-state index contributed by atoms with van der Waals surface area (Å²) in [6.07, 6.45) is 1.72. The van der Waals surface area contributed by atoms with E-state index in [-0.39, 0.29) is 11.4 Å². The monoisotopic (exact) mass is 262 g/mol. The van der Waals surface area contributed by atoms with Gasteiger partial charge in [0.25, 0.3) is 0 Å². The summed E-state index contributed by atoms with van der Waals surface area (Å²) in [6.45, 7) is 1.12. The Morgan fingerprint density at radius 2 is 1.89 bits per heavy atom. The summed E-state index contributed by atoms with van der Waals surface area (Å²) >= 11 is 0. The van der Waals surface area contributed by atoms with Crippen LogP contribution in [0.25, 0.3) is 0 Å². The van der Waals surface area contributed by atoms with Crippen LogP contribution in [0, 0.1) is 5.41 Å². The van der Waals surface area contributed by atoms with Gasteiger partial charge in [-0.2, -0.15) is 0 Å². The molecule has 102 valence electrons. The number of carbonyl (C=O) groups is 1. The van der Waals surface area contributed by atoms with Gasteiger partial charge in [0.2, 0.25) is 0 Å². The maximum atomic E-state index is 12.2. The lowest BCUT2D eigenvalue weighted by Gasteiger charge is -2.47. The topological polar surface area (TPSA) is 44.8 Å². The Labute approximate surface area is 112 Å². The molecule has 2 aliphatic rings. The molecular weight excluding hydrogens is 244 g/mol. The number of methoxy groups -OCH3 is 2. The maximum absolute atomic E-state index is 12.2. The lowest BCUT2D eigenvalue weighted by molar-refractivity contribution is -0.165. The van der Waals surface area contributed by atoms with E-state index in [1.807, 2.05) is 24.3 Å². The number of ether oxygens (including phenoxy) is 3. The van der Waals surface area contributed by atoms with Gasteiger partial charge in [-0.15, -0.1) is 0 Å². The summed E-state index contributed by atoms with van der Waals surface area (Å²) < 4.78 is 15.9. The van der Waals surface area contributed by atoms with Crippen molar-refractivity contribution in [2.45, 2.75) is 18.3 Å². The lowest BCUT2D eigenvalue weighted by Crippen LogP contribution is -2.56. The minimum atomic E-state index is -0.422. The summed E-state index contributed by atoms with van der Waals surface area (Å²) in [5.41, 5.74) is 0.355. The van der Waals surface area contributed by atoms with Crippen LogP contribution in [0.15, 0.2) is 24.3 Å². The Kier molecular flexibility index (Phi) is 2.78. The molecule has 4 nitrogen and oxygen atoms in total. The maximum Gasteiger partial charge on any atom is 0.312 e. The summed E-state index contributed by atoms with van der Waals surface area (Å²) in [6, 6.07) is 7.88. The van der Waals surface area contributed by atoms with Gasteiger partial charge >= 0.3 is 5.97 Å². The molecule has 1 heterocycles. The van der Waals surface area contributed by atoms with E-state index in [0.717, 1.165) is 24.2 Å². The van der Waals surface area contributed by atoms with Crippen molar-refractivity contribution in [1.29, 1.82) is 0 Å². The Bertz CT molecular complexity index is 501. The average Bonchev–Trinajstić information content (AvgIpc) is 3.19. The predicted molar refractivity (Wildman–Crippen MR) is 69.2 cm³/mol. The molecule has 1 saturated heterocycles. The van der Waals surface area contributed by atoms with E-state index in [4.69, 9.17) is 14.2 Å². The molecule has 1 aliphatic carbocycles. The fourth-order valence-electron chi connectivity index (χ4n) is 3.23. The minimum Gasteiger partial charge on any atom is -0.496 e. The van der Waals surface area contributed by atoms with Crippen LogP contribution >= 0.6 is 0 Å². The standard InChI is InChI=1S/C15H18O4/c1-17-12-6-4-3-5-11(12)15(9-19-10-15)14(7-8-14)13(16)18-2/h3-6H,7-10H2,1-2H3. The van der Waals surface area contributed by atoms with Crippen molar-refractivity contribution in [3.8, 4) is 5.75 Å². The van der Waals surface area contributed by atoms with Crippen LogP contribution in [0.2, 0.25) is 0 Å². The van der Waals surface area contributed by atoms with E-state index in [2.05, 4.69) is 0 Å². The van der Waals surface area contributed by atoms with Crippen LogP contribution in [0.1, 0.15) is 18.4 Å². The molecule has 0 spiro atoms. The highest BCUT2D eigenvalue weighted by Crippen LogP contribution is 2.64. The molecule has 0 amide bonds. The third-order valence-corrected chi connectivity index (χ3v) is 4.56. The summed E-state index contributed by atoms with van der Waals surface area (Å²) in [5.74, 6) is 0.697. The van der Waals surface area contributed by atoms with Crippen molar-refractivity contribution < 1.29 is 19.0 Å². The second kappa shape index (κ2) is 4.23. The zero-order chi connectivity index (χ0) is 13.5. The zero-order valence-corrected chi connectivity index (χ0v) is 11.3. The number of hydrogen-bond donors (Lipinski definition) is 0. The van der Waals surface area contributed by atoms with Crippen molar-refractivity contribution in [3.63, 3.8) is 0 Å². The molecule has 2 fully saturated rings. The van der Waals surface area contributed by atoms with Gasteiger partial charge in [-0.1, -0.05) is 18.2 Å². The van der Waals surface area contributed by atoms with Crippen LogP contribution in [0.3, 0.4) is 0 Å². The van der Waals surface area contributed by atoms with Crippen molar-refractivity contribution >= 4 is 5.97 Å². The van der Waals surface area contributed by atoms with Crippen LogP contribution in [-0.4, -0.2) is 33.4 Å². The third-order valence-electron chi connectivity index (χ3n) is 4.56. The normalized spacial score (nSPS) is 22.2. The largest absolute Gasteiger partial charge is 0.496 e. The van der Waals surface area contributed by atoms with Crippen LogP contribution in [0.4, 0.5) is 0 Å². The van der Waals surface area contributed by atoms with E-state index >= 15 is 0 Å². The zero-order valence-electron chi connectivity index (χ0n) is 11.3. The van der Waals surface area contributed by atoms with Gasteiger partial charge in [0.05, 0.1) is 38.3 Å². The van der Waals surface area contributed by atoms with E-state index in [9.17, 15) is 4.79 Å². The van der Waals surface area contributed by atoms with Gasteiger partial charge in [0, 0.05) is 5.56 Å². The second-order valence-corrected chi connectivity index (χ2v) is 5.35. The Hall–Kier alpha value is -1.55. The van der Waals surface area contributed by atoms with E-state index < -0.39 is 5.41 Å². The molecule has 4 heteroatoms. The quantitative estimate of drug-likeness (QED) is 0.778. The van der Waals surface area contributed by atoms with Gasteiger partial charge in [-0.05, 0) is 18.9 Å². The van der Waals surface area contributed by atoms with E-state index in [1.54, 1.807) is 7.11 Å². The van der Waals surface area contributed by atoms with Gasteiger partial charge in [-0.3, -0.25) is 4.79 Å².